The van der Waals surface area contributed by atoms with E-state index in [0.29, 0.717) is 35.9 Å². The Balaban J connectivity index is 1.81. The van der Waals surface area contributed by atoms with Gasteiger partial charge < -0.3 is 23.5 Å². The number of ether oxygens (including phenoxy) is 3. The van der Waals surface area contributed by atoms with Gasteiger partial charge >= 0.3 is 0 Å². The summed E-state index contributed by atoms with van der Waals surface area (Å²) in [4.78, 5) is 15.0. The third-order valence-electron chi connectivity index (χ3n) is 4.42. The second-order valence-electron chi connectivity index (χ2n) is 5.84. The Kier molecular flexibility index (Phi) is 5.98. The molecule has 1 saturated heterocycles. The van der Waals surface area contributed by atoms with Gasteiger partial charge in [-0.3, -0.25) is 4.79 Å². The minimum absolute atomic E-state index is 0.0662. The molecule has 1 fully saturated rings. The van der Waals surface area contributed by atoms with Crippen molar-refractivity contribution in [2.45, 2.75) is 11.7 Å². The molecule has 2 aromatic rings. The average molecular weight is 377 g/mol. The minimum atomic E-state index is -0.0662. The number of thioether (sulfide) groups is 1. The topological polar surface area (TPSA) is 61.1 Å². The first-order chi connectivity index (χ1) is 12.7. The molecular formula is C19H23NO5S. The van der Waals surface area contributed by atoms with E-state index in [9.17, 15) is 4.79 Å². The van der Waals surface area contributed by atoms with Crippen molar-refractivity contribution in [3.05, 3.63) is 41.9 Å². The third-order valence-corrected chi connectivity index (χ3v) is 5.71. The summed E-state index contributed by atoms with van der Waals surface area (Å²) in [7, 11) is 4.62. The van der Waals surface area contributed by atoms with E-state index in [0.717, 1.165) is 17.9 Å². The van der Waals surface area contributed by atoms with Crippen LogP contribution in [-0.2, 0) is 0 Å². The molecule has 1 aromatic carbocycles. The van der Waals surface area contributed by atoms with Gasteiger partial charge in [-0.15, -0.1) is 11.8 Å². The van der Waals surface area contributed by atoms with Crippen LogP contribution in [0.1, 0.15) is 27.8 Å². The molecule has 0 N–H and O–H groups in total. The lowest BCUT2D eigenvalue weighted by Gasteiger charge is -2.22. The summed E-state index contributed by atoms with van der Waals surface area (Å²) >= 11 is 1.82. The minimum Gasteiger partial charge on any atom is -0.493 e. The SMILES string of the molecule is COc1ccc(C(=O)N2CCSC(c3ccco3)CC2)c(OC)c1OC. The summed E-state index contributed by atoms with van der Waals surface area (Å²) < 4.78 is 21.7. The van der Waals surface area contributed by atoms with Crippen LogP contribution in [0.4, 0.5) is 0 Å². The van der Waals surface area contributed by atoms with E-state index in [1.165, 1.54) is 14.2 Å². The van der Waals surface area contributed by atoms with Crippen molar-refractivity contribution in [1.29, 1.82) is 0 Å². The third kappa shape index (κ3) is 3.62. The highest BCUT2D eigenvalue weighted by Crippen LogP contribution is 2.41. The van der Waals surface area contributed by atoms with Crippen LogP contribution in [0.25, 0.3) is 0 Å². The van der Waals surface area contributed by atoms with E-state index in [1.807, 2.05) is 28.8 Å². The Hall–Kier alpha value is -2.28. The highest BCUT2D eigenvalue weighted by molar-refractivity contribution is 7.99. The van der Waals surface area contributed by atoms with Gasteiger partial charge in [0.05, 0.1) is 38.4 Å². The predicted octanol–water partition coefficient (Wildman–Crippen LogP) is 3.63. The molecule has 26 heavy (non-hydrogen) atoms. The number of amides is 1. The van der Waals surface area contributed by atoms with Crippen LogP contribution in [-0.4, -0.2) is 51.0 Å². The van der Waals surface area contributed by atoms with Crippen molar-refractivity contribution in [2.24, 2.45) is 0 Å². The van der Waals surface area contributed by atoms with E-state index in [1.54, 1.807) is 25.5 Å². The Bertz CT molecular complexity index is 747. The number of carbonyl (C=O) groups excluding carboxylic acids is 1. The summed E-state index contributed by atoms with van der Waals surface area (Å²) in [6.07, 6.45) is 2.54. The first-order valence-corrected chi connectivity index (χ1v) is 9.47. The largest absolute Gasteiger partial charge is 0.493 e. The van der Waals surface area contributed by atoms with Gasteiger partial charge in [-0.05, 0) is 30.7 Å². The fraction of sp³-hybridized carbons (Fsp3) is 0.421. The molecule has 0 radical (unpaired) electrons. The van der Waals surface area contributed by atoms with Crippen molar-refractivity contribution in [3.63, 3.8) is 0 Å². The average Bonchev–Trinajstić information content (AvgIpc) is 3.10. The lowest BCUT2D eigenvalue weighted by molar-refractivity contribution is 0.0762. The number of methoxy groups -OCH3 is 3. The highest BCUT2D eigenvalue weighted by atomic mass is 32.2. The maximum atomic E-state index is 13.1. The fourth-order valence-corrected chi connectivity index (χ4v) is 4.30. The molecule has 1 atom stereocenters. The molecule has 1 aromatic heterocycles. The van der Waals surface area contributed by atoms with E-state index < -0.39 is 0 Å². The zero-order valence-corrected chi connectivity index (χ0v) is 16.0. The Morgan fingerprint density at radius 3 is 2.58 bits per heavy atom. The molecule has 1 aliphatic heterocycles. The Morgan fingerprint density at radius 2 is 1.92 bits per heavy atom. The van der Waals surface area contributed by atoms with Crippen molar-refractivity contribution < 1.29 is 23.4 Å². The molecule has 7 heteroatoms. The van der Waals surface area contributed by atoms with E-state index in [-0.39, 0.29) is 11.2 Å². The number of nitrogens with zero attached hydrogens (tertiary/aromatic N) is 1. The molecule has 1 unspecified atom stereocenters. The van der Waals surface area contributed by atoms with Gasteiger partial charge in [0.25, 0.3) is 5.91 Å². The van der Waals surface area contributed by atoms with Gasteiger partial charge in [-0.2, -0.15) is 0 Å². The number of rotatable bonds is 5. The predicted molar refractivity (Wildman–Crippen MR) is 101 cm³/mol. The number of furan rings is 1. The summed E-state index contributed by atoms with van der Waals surface area (Å²) in [5.41, 5.74) is 0.478. The van der Waals surface area contributed by atoms with Gasteiger partial charge in [-0.1, -0.05) is 0 Å². The zero-order chi connectivity index (χ0) is 18.5. The lowest BCUT2D eigenvalue weighted by atomic mass is 10.1. The fourth-order valence-electron chi connectivity index (χ4n) is 3.12. The van der Waals surface area contributed by atoms with E-state index >= 15 is 0 Å². The summed E-state index contributed by atoms with van der Waals surface area (Å²) in [5, 5.41) is 0.273. The number of benzene rings is 1. The highest BCUT2D eigenvalue weighted by Gasteiger charge is 2.28. The second-order valence-corrected chi connectivity index (χ2v) is 7.15. The Morgan fingerprint density at radius 1 is 1.12 bits per heavy atom. The standard InChI is InChI=1S/C19H23NO5S/c1-22-15-7-6-13(17(23-2)18(15)24-3)19(21)20-9-8-16(26-12-10-20)14-5-4-11-25-14/h4-7,11,16H,8-10,12H2,1-3H3. The van der Waals surface area contributed by atoms with Crippen LogP contribution in [0.5, 0.6) is 17.2 Å². The first kappa shape index (κ1) is 18.5. The van der Waals surface area contributed by atoms with Crippen molar-refractivity contribution in [2.75, 3.05) is 40.2 Å². The van der Waals surface area contributed by atoms with Crippen LogP contribution < -0.4 is 14.2 Å². The molecule has 2 heterocycles. The molecule has 140 valence electrons. The van der Waals surface area contributed by atoms with Crippen LogP contribution in [0, 0.1) is 0 Å². The molecule has 0 aliphatic carbocycles. The Labute approximate surface area is 157 Å². The van der Waals surface area contributed by atoms with Gasteiger partial charge in [0.1, 0.15) is 5.76 Å². The molecule has 1 amide bonds. The monoisotopic (exact) mass is 377 g/mol. The quantitative estimate of drug-likeness (QED) is 0.793. The number of hydrogen-bond acceptors (Lipinski definition) is 6. The van der Waals surface area contributed by atoms with Crippen molar-refractivity contribution >= 4 is 17.7 Å². The molecule has 0 spiro atoms. The first-order valence-electron chi connectivity index (χ1n) is 8.42. The van der Waals surface area contributed by atoms with E-state index in [4.69, 9.17) is 18.6 Å². The maximum Gasteiger partial charge on any atom is 0.257 e. The summed E-state index contributed by atoms with van der Waals surface area (Å²) in [6, 6.07) is 7.35. The van der Waals surface area contributed by atoms with Crippen LogP contribution >= 0.6 is 11.8 Å². The van der Waals surface area contributed by atoms with Crippen LogP contribution in [0.3, 0.4) is 0 Å². The van der Waals surface area contributed by atoms with Crippen molar-refractivity contribution in [1.82, 2.24) is 4.90 Å². The number of hydrogen-bond donors (Lipinski definition) is 0. The lowest BCUT2D eigenvalue weighted by Crippen LogP contribution is -2.33. The zero-order valence-electron chi connectivity index (χ0n) is 15.2. The normalized spacial score (nSPS) is 17.5. The second kappa shape index (κ2) is 8.40. The van der Waals surface area contributed by atoms with Gasteiger partial charge in [0, 0.05) is 18.8 Å². The van der Waals surface area contributed by atoms with Crippen molar-refractivity contribution in [3.8, 4) is 17.2 Å². The number of carbonyl (C=O) groups is 1. The van der Waals surface area contributed by atoms with Gasteiger partial charge in [0.15, 0.2) is 11.5 Å². The maximum absolute atomic E-state index is 13.1. The molecule has 3 rings (SSSR count). The molecular weight excluding hydrogens is 354 g/mol. The molecule has 0 saturated carbocycles. The van der Waals surface area contributed by atoms with Crippen LogP contribution in [0.2, 0.25) is 0 Å². The summed E-state index contributed by atoms with van der Waals surface area (Å²) in [6.45, 7) is 1.34. The van der Waals surface area contributed by atoms with Crippen LogP contribution in [0.15, 0.2) is 34.9 Å². The molecule has 1 aliphatic rings. The van der Waals surface area contributed by atoms with Gasteiger partial charge in [-0.25, -0.2) is 0 Å². The van der Waals surface area contributed by atoms with E-state index in [2.05, 4.69) is 0 Å². The smallest absolute Gasteiger partial charge is 0.257 e. The molecule has 0 bridgehead atoms. The summed E-state index contributed by atoms with van der Waals surface area (Å²) in [5.74, 6) is 3.11. The van der Waals surface area contributed by atoms with Gasteiger partial charge in [0.2, 0.25) is 5.75 Å². The molecule has 6 nitrogen and oxygen atoms in total.